The van der Waals surface area contributed by atoms with E-state index in [2.05, 4.69) is 10.6 Å². The lowest BCUT2D eigenvalue weighted by atomic mass is 9.93. The van der Waals surface area contributed by atoms with E-state index in [4.69, 9.17) is 4.42 Å². The van der Waals surface area contributed by atoms with Gasteiger partial charge in [-0.15, -0.1) is 0 Å². The first-order valence-electron chi connectivity index (χ1n) is 6.99. The van der Waals surface area contributed by atoms with Crippen LogP contribution in [0.15, 0.2) is 16.7 Å². The molecule has 0 aliphatic heterocycles. The number of aryl methyl sites for hydroxylation is 1. The summed E-state index contributed by atoms with van der Waals surface area (Å²) in [7, 11) is 0. The number of carbonyl (C=O) groups is 1. The maximum Gasteiger partial charge on any atom is 0.315 e. The van der Waals surface area contributed by atoms with Crippen LogP contribution in [-0.4, -0.2) is 23.8 Å². The maximum atomic E-state index is 11.8. The maximum absolute atomic E-state index is 11.8. The number of fused-ring (bicyclic) bond motifs is 1. The number of carbonyl (C=O) groups excluding carboxylic acids is 1. The van der Waals surface area contributed by atoms with Crippen molar-refractivity contribution in [1.29, 1.82) is 0 Å². The number of urea groups is 1. The topological polar surface area (TPSA) is 74.5 Å². The van der Waals surface area contributed by atoms with Crippen LogP contribution < -0.4 is 10.6 Å². The van der Waals surface area contributed by atoms with Gasteiger partial charge in [-0.1, -0.05) is 13.3 Å². The number of rotatable bonds is 5. The standard InChI is InChI=1S/C14H22N2O3/c1-2-4-10(17)9-15-14(18)16-12-5-3-6-13-11(12)7-8-19-13/h7-8,10,12,17H,2-6,9H2,1H3,(H2,15,16,18). The van der Waals surface area contributed by atoms with Crippen LogP contribution in [0.4, 0.5) is 4.79 Å². The lowest BCUT2D eigenvalue weighted by Crippen LogP contribution is -2.42. The van der Waals surface area contributed by atoms with E-state index in [0.717, 1.165) is 37.0 Å². The van der Waals surface area contributed by atoms with Gasteiger partial charge in [-0.3, -0.25) is 0 Å². The van der Waals surface area contributed by atoms with Gasteiger partial charge in [0.1, 0.15) is 5.76 Å². The zero-order valence-corrected chi connectivity index (χ0v) is 11.3. The van der Waals surface area contributed by atoms with Crippen molar-refractivity contribution >= 4 is 6.03 Å². The highest BCUT2D eigenvalue weighted by molar-refractivity contribution is 5.74. The Labute approximate surface area is 113 Å². The Morgan fingerprint density at radius 1 is 1.63 bits per heavy atom. The fourth-order valence-corrected chi connectivity index (χ4v) is 2.49. The summed E-state index contributed by atoms with van der Waals surface area (Å²) in [5, 5.41) is 15.2. The second-order valence-electron chi connectivity index (χ2n) is 5.04. The van der Waals surface area contributed by atoms with Crippen LogP contribution in [0.25, 0.3) is 0 Å². The molecule has 2 amide bonds. The predicted octanol–water partition coefficient (Wildman–Crippen LogP) is 2.12. The van der Waals surface area contributed by atoms with Crippen LogP contribution >= 0.6 is 0 Å². The third-order valence-corrected chi connectivity index (χ3v) is 3.48. The Kier molecular flexibility index (Phi) is 4.85. The average molecular weight is 266 g/mol. The number of aliphatic hydroxyl groups excluding tert-OH is 1. The van der Waals surface area contributed by atoms with E-state index in [1.54, 1.807) is 6.26 Å². The van der Waals surface area contributed by atoms with Crippen molar-refractivity contribution in [2.24, 2.45) is 0 Å². The SMILES string of the molecule is CCCC(O)CNC(=O)NC1CCCc2occc21. The van der Waals surface area contributed by atoms with Gasteiger partial charge >= 0.3 is 6.03 Å². The minimum Gasteiger partial charge on any atom is -0.469 e. The Hall–Kier alpha value is -1.49. The summed E-state index contributed by atoms with van der Waals surface area (Å²) in [5.74, 6) is 0.975. The largest absolute Gasteiger partial charge is 0.469 e. The van der Waals surface area contributed by atoms with Crippen LogP contribution in [0.5, 0.6) is 0 Å². The van der Waals surface area contributed by atoms with E-state index in [0.29, 0.717) is 13.0 Å². The first kappa shape index (κ1) is 13.9. The molecule has 2 atom stereocenters. The number of furan rings is 1. The number of amides is 2. The Balaban J connectivity index is 1.81. The molecule has 0 bridgehead atoms. The average Bonchev–Trinajstić information content (AvgIpc) is 2.86. The third-order valence-electron chi connectivity index (χ3n) is 3.48. The molecule has 2 rings (SSSR count). The van der Waals surface area contributed by atoms with Gasteiger partial charge in [-0.25, -0.2) is 4.79 Å². The fraction of sp³-hybridized carbons (Fsp3) is 0.643. The van der Waals surface area contributed by atoms with Gasteiger partial charge < -0.3 is 20.2 Å². The smallest absolute Gasteiger partial charge is 0.315 e. The fourth-order valence-electron chi connectivity index (χ4n) is 2.49. The van der Waals surface area contributed by atoms with E-state index in [1.165, 1.54) is 0 Å². The molecule has 0 saturated carbocycles. The molecule has 0 aromatic carbocycles. The molecular weight excluding hydrogens is 244 g/mol. The normalized spacial score (nSPS) is 19.6. The van der Waals surface area contributed by atoms with Crippen molar-refractivity contribution in [3.63, 3.8) is 0 Å². The minimum absolute atomic E-state index is 0.0193. The van der Waals surface area contributed by atoms with Gasteiger partial charge in [0.25, 0.3) is 0 Å². The lowest BCUT2D eigenvalue weighted by molar-refractivity contribution is 0.159. The molecule has 1 heterocycles. The molecule has 0 radical (unpaired) electrons. The second-order valence-corrected chi connectivity index (χ2v) is 5.04. The quantitative estimate of drug-likeness (QED) is 0.764. The van der Waals surface area contributed by atoms with Crippen molar-refractivity contribution in [3.8, 4) is 0 Å². The summed E-state index contributed by atoms with van der Waals surface area (Å²) in [4.78, 5) is 11.8. The predicted molar refractivity (Wildman–Crippen MR) is 71.8 cm³/mol. The molecule has 1 aromatic rings. The molecule has 3 N–H and O–H groups in total. The van der Waals surface area contributed by atoms with Crippen LogP contribution in [0, 0.1) is 0 Å². The highest BCUT2D eigenvalue weighted by Gasteiger charge is 2.23. The molecule has 106 valence electrons. The highest BCUT2D eigenvalue weighted by atomic mass is 16.3. The first-order valence-corrected chi connectivity index (χ1v) is 6.99. The van der Waals surface area contributed by atoms with Gasteiger partial charge in [0.15, 0.2) is 0 Å². The number of aliphatic hydroxyl groups is 1. The van der Waals surface area contributed by atoms with Crippen LogP contribution in [0.2, 0.25) is 0 Å². The Morgan fingerprint density at radius 3 is 3.26 bits per heavy atom. The van der Waals surface area contributed by atoms with Crippen molar-refractivity contribution < 1.29 is 14.3 Å². The zero-order valence-electron chi connectivity index (χ0n) is 11.3. The molecular formula is C14H22N2O3. The molecule has 0 saturated heterocycles. The summed E-state index contributed by atoms with van der Waals surface area (Å²) in [6.45, 7) is 2.30. The van der Waals surface area contributed by atoms with Crippen molar-refractivity contribution in [1.82, 2.24) is 10.6 Å². The third kappa shape index (κ3) is 3.73. The lowest BCUT2D eigenvalue weighted by Gasteiger charge is -2.23. The van der Waals surface area contributed by atoms with Gasteiger partial charge in [-0.2, -0.15) is 0 Å². The van der Waals surface area contributed by atoms with E-state index >= 15 is 0 Å². The first-order chi connectivity index (χ1) is 9.20. The molecule has 0 fully saturated rings. The summed E-state index contributed by atoms with van der Waals surface area (Å²) in [6, 6.07) is 1.71. The Bertz CT molecular complexity index is 417. The monoisotopic (exact) mass is 266 g/mol. The summed E-state index contributed by atoms with van der Waals surface area (Å²) >= 11 is 0. The van der Waals surface area contributed by atoms with E-state index in [-0.39, 0.29) is 12.1 Å². The van der Waals surface area contributed by atoms with Crippen LogP contribution in [0.1, 0.15) is 50.0 Å². The highest BCUT2D eigenvalue weighted by Crippen LogP contribution is 2.30. The number of hydrogen-bond acceptors (Lipinski definition) is 3. The van der Waals surface area contributed by atoms with Crippen LogP contribution in [-0.2, 0) is 6.42 Å². The zero-order chi connectivity index (χ0) is 13.7. The van der Waals surface area contributed by atoms with Gasteiger partial charge in [0.05, 0.1) is 18.4 Å². The molecule has 5 nitrogen and oxygen atoms in total. The van der Waals surface area contributed by atoms with E-state index in [9.17, 15) is 9.90 Å². The van der Waals surface area contributed by atoms with Crippen molar-refractivity contribution in [2.75, 3.05) is 6.54 Å². The summed E-state index contributed by atoms with van der Waals surface area (Å²) in [5.41, 5.74) is 1.08. The molecule has 1 aliphatic carbocycles. The van der Waals surface area contributed by atoms with Gasteiger partial charge in [0, 0.05) is 18.5 Å². The molecule has 2 unspecified atom stereocenters. The van der Waals surface area contributed by atoms with Crippen LogP contribution in [0.3, 0.4) is 0 Å². The van der Waals surface area contributed by atoms with Gasteiger partial charge in [0.2, 0.25) is 0 Å². The summed E-state index contributed by atoms with van der Waals surface area (Å²) in [6.07, 6.45) is 5.71. The molecule has 0 spiro atoms. The minimum atomic E-state index is -0.466. The van der Waals surface area contributed by atoms with Crippen molar-refractivity contribution in [2.45, 2.75) is 51.2 Å². The van der Waals surface area contributed by atoms with Crippen molar-refractivity contribution in [3.05, 3.63) is 23.7 Å². The number of nitrogens with one attached hydrogen (secondary N) is 2. The van der Waals surface area contributed by atoms with Gasteiger partial charge in [-0.05, 0) is 25.3 Å². The Morgan fingerprint density at radius 2 is 2.47 bits per heavy atom. The molecule has 1 aliphatic rings. The van der Waals surface area contributed by atoms with E-state index in [1.807, 2.05) is 13.0 Å². The molecule has 1 aromatic heterocycles. The molecule has 5 heteroatoms. The summed E-state index contributed by atoms with van der Waals surface area (Å²) < 4.78 is 5.39. The molecule has 19 heavy (non-hydrogen) atoms. The van der Waals surface area contributed by atoms with E-state index < -0.39 is 6.10 Å². The number of hydrogen-bond donors (Lipinski definition) is 3. The second kappa shape index (κ2) is 6.61.